The lowest BCUT2D eigenvalue weighted by molar-refractivity contribution is 0.105. The van der Waals surface area contributed by atoms with Gasteiger partial charge in [0.15, 0.2) is 0 Å². The first kappa shape index (κ1) is 15.8. The van der Waals surface area contributed by atoms with Gasteiger partial charge in [-0.1, -0.05) is 24.3 Å². The maximum Gasteiger partial charge on any atom is 0.233 e. The van der Waals surface area contributed by atoms with Crippen LogP contribution < -0.4 is 0 Å². The number of methoxy groups -OCH3 is 1. The largest absolute Gasteiger partial charge is 0.424 e. The number of nitrogens with zero attached hydrogens (tertiary/aromatic N) is 3. The Hall–Kier alpha value is -1.72. The molecule has 24 heavy (non-hydrogen) atoms. The van der Waals surface area contributed by atoms with Crippen LogP contribution in [0.4, 0.5) is 0 Å². The van der Waals surface area contributed by atoms with Gasteiger partial charge in [-0.25, -0.2) is 0 Å². The number of hydrogen-bond donors (Lipinski definition) is 0. The van der Waals surface area contributed by atoms with E-state index in [1.54, 1.807) is 7.11 Å². The van der Waals surface area contributed by atoms with Crippen molar-refractivity contribution in [3.8, 4) is 0 Å². The zero-order chi connectivity index (χ0) is 16.5. The van der Waals surface area contributed by atoms with Crippen LogP contribution in [0.3, 0.4) is 0 Å². The zero-order valence-electron chi connectivity index (χ0n) is 14.4. The Labute approximate surface area is 143 Å². The van der Waals surface area contributed by atoms with Crippen molar-refractivity contribution < 1.29 is 9.15 Å². The number of hydrogen-bond acceptors (Lipinski definition) is 5. The summed E-state index contributed by atoms with van der Waals surface area (Å²) in [4.78, 5) is 2.49. The van der Waals surface area contributed by atoms with E-state index < -0.39 is 0 Å². The highest BCUT2D eigenvalue weighted by atomic mass is 16.5. The van der Waals surface area contributed by atoms with Crippen molar-refractivity contribution in [2.75, 3.05) is 20.2 Å². The van der Waals surface area contributed by atoms with Crippen LogP contribution in [0, 0.1) is 12.8 Å². The fraction of sp³-hybridized carbons (Fsp3) is 0.579. The summed E-state index contributed by atoms with van der Waals surface area (Å²) < 4.78 is 11.3. The van der Waals surface area contributed by atoms with Gasteiger partial charge in [0.2, 0.25) is 11.8 Å². The Morgan fingerprint density at radius 1 is 1.25 bits per heavy atom. The van der Waals surface area contributed by atoms with Crippen molar-refractivity contribution in [2.45, 2.75) is 44.8 Å². The van der Waals surface area contributed by atoms with Crippen LogP contribution in [0.1, 0.15) is 41.8 Å². The van der Waals surface area contributed by atoms with Gasteiger partial charge in [-0.15, -0.1) is 10.2 Å². The second kappa shape index (κ2) is 6.65. The van der Waals surface area contributed by atoms with Gasteiger partial charge in [-0.05, 0) is 42.7 Å². The van der Waals surface area contributed by atoms with E-state index in [4.69, 9.17) is 9.15 Å². The molecule has 5 heteroatoms. The monoisotopic (exact) mass is 327 g/mol. The Bertz CT molecular complexity index is 699. The molecule has 4 rings (SSSR count). The zero-order valence-corrected chi connectivity index (χ0v) is 14.4. The summed E-state index contributed by atoms with van der Waals surface area (Å²) in [6.07, 6.45) is 4.78. The van der Waals surface area contributed by atoms with E-state index in [2.05, 4.69) is 39.4 Å². The lowest BCUT2D eigenvalue weighted by Crippen LogP contribution is -2.33. The van der Waals surface area contributed by atoms with Gasteiger partial charge in [-0.3, -0.25) is 4.90 Å². The standard InChI is InChI=1S/C19H25N3O2/c1-13-20-21-19(24-13)18-10-17(23-2)12-22(18)11-14-7-8-15-5-3-4-6-16(15)9-14/h3-6,14,17-18H,7-12H2,1-2H3/t14?,17-,18+/m0/s1. The third kappa shape index (κ3) is 3.10. The Kier molecular flexibility index (Phi) is 4.37. The van der Waals surface area contributed by atoms with Crippen LogP contribution in [0.5, 0.6) is 0 Å². The normalized spacial score (nSPS) is 27.3. The van der Waals surface area contributed by atoms with Crippen LogP contribution in [-0.2, 0) is 17.6 Å². The third-order valence-electron chi connectivity index (χ3n) is 5.47. The van der Waals surface area contributed by atoms with Crippen molar-refractivity contribution >= 4 is 0 Å². The molecule has 0 spiro atoms. The first-order chi connectivity index (χ1) is 11.7. The highest BCUT2D eigenvalue weighted by Crippen LogP contribution is 2.35. The van der Waals surface area contributed by atoms with Gasteiger partial charge >= 0.3 is 0 Å². The van der Waals surface area contributed by atoms with Crippen molar-refractivity contribution in [3.63, 3.8) is 0 Å². The average Bonchev–Trinajstić information content (AvgIpc) is 3.20. The predicted molar refractivity (Wildman–Crippen MR) is 90.7 cm³/mol. The van der Waals surface area contributed by atoms with E-state index in [1.165, 1.54) is 30.4 Å². The van der Waals surface area contributed by atoms with E-state index in [1.807, 2.05) is 6.92 Å². The minimum Gasteiger partial charge on any atom is -0.424 e. The molecule has 1 unspecified atom stereocenters. The Morgan fingerprint density at radius 3 is 2.83 bits per heavy atom. The van der Waals surface area contributed by atoms with Gasteiger partial charge in [-0.2, -0.15) is 0 Å². The van der Waals surface area contributed by atoms with Crippen LogP contribution in [0.25, 0.3) is 0 Å². The molecule has 1 saturated heterocycles. The molecule has 1 aliphatic heterocycles. The minimum absolute atomic E-state index is 0.188. The number of likely N-dealkylation sites (tertiary alicyclic amines) is 1. The highest BCUT2D eigenvalue weighted by molar-refractivity contribution is 5.29. The first-order valence-corrected chi connectivity index (χ1v) is 8.86. The SMILES string of the molecule is CO[C@H]1C[C@H](c2nnc(C)o2)N(CC2CCc3ccccc3C2)C1. The van der Waals surface area contributed by atoms with Crippen molar-refractivity contribution in [1.29, 1.82) is 0 Å². The molecule has 0 saturated carbocycles. The van der Waals surface area contributed by atoms with Crippen LogP contribution in [0.15, 0.2) is 28.7 Å². The summed E-state index contributed by atoms with van der Waals surface area (Å²) in [5.74, 6) is 2.06. The topological polar surface area (TPSA) is 51.4 Å². The first-order valence-electron chi connectivity index (χ1n) is 8.86. The fourth-order valence-electron chi connectivity index (χ4n) is 4.20. The second-order valence-corrected chi connectivity index (χ2v) is 7.10. The molecular formula is C19H25N3O2. The van der Waals surface area contributed by atoms with E-state index in [0.29, 0.717) is 11.8 Å². The van der Waals surface area contributed by atoms with Crippen LogP contribution in [-0.4, -0.2) is 41.4 Å². The lowest BCUT2D eigenvalue weighted by Gasteiger charge is -2.30. The molecule has 2 heterocycles. The number of aryl methyl sites for hydroxylation is 2. The molecule has 0 radical (unpaired) electrons. The van der Waals surface area contributed by atoms with Gasteiger partial charge < -0.3 is 9.15 Å². The summed E-state index contributed by atoms with van der Waals surface area (Å²) in [6.45, 7) is 3.86. The Morgan fingerprint density at radius 2 is 2.08 bits per heavy atom. The molecule has 5 nitrogen and oxygen atoms in total. The molecule has 0 amide bonds. The summed E-state index contributed by atoms with van der Waals surface area (Å²) >= 11 is 0. The molecule has 0 N–H and O–H groups in total. The van der Waals surface area contributed by atoms with Gasteiger partial charge in [0, 0.05) is 27.1 Å². The van der Waals surface area contributed by atoms with Gasteiger partial charge in [0.1, 0.15) is 0 Å². The summed E-state index contributed by atoms with van der Waals surface area (Å²) in [6, 6.07) is 9.04. The molecule has 1 aromatic carbocycles. The second-order valence-electron chi connectivity index (χ2n) is 7.10. The molecule has 0 bridgehead atoms. The molecule has 2 aliphatic rings. The molecule has 128 valence electrons. The van der Waals surface area contributed by atoms with Gasteiger partial charge in [0.25, 0.3) is 0 Å². The summed E-state index contributed by atoms with van der Waals surface area (Å²) in [5.41, 5.74) is 3.04. The number of ether oxygens (including phenoxy) is 1. The number of rotatable bonds is 4. The smallest absolute Gasteiger partial charge is 0.233 e. The van der Waals surface area contributed by atoms with Crippen LogP contribution in [0.2, 0.25) is 0 Å². The average molecular weight is 327 g/mol. The van der Waals surface area contributed by atoms with E-state index in [0.717, 1.165) is 25.4 Å². The maximum atomic E-state index is 5.72. The minimum atomic E-state index is 0.188. The van der Waals surface area contributed by atoms with E-state index in [9.17, 15) is 0 Å². The van der Waals surface area contributed by atoms with Crippen molar-refractivity contribution in [3.05, 3.63) is 47.2 Å². The maximum absolute atomic E-state index is 5.72. The number of benzene rings is 1. The molecule has 1 fully saturated rings. The quantitative estimate of drug-likeness (QED) is 0.864. The molecule has 1 aliphatic carbocycles. The van der Waals surface area contributed by atoms with E-state index >= 15 is 0 Å². The van der Waals surface area contributed by atoms with E-state index in [-0.39, 0.29) is 12.1 Å². The van der Waals surface area contributed by atoms with Crippen LogP contribution >= 0.6 is 0 Å². The lowest BCUT2D eigenvalue weighted by atomic mass is 9.83. The third-order valence-corrected chi connectivity index (χ3v) is 5.47. The summed E-state index contributed by atoms with van der Waals surface area (Å²) in [7, 11) is 1.79. The number of fused-ring (bicyclic) bond motifs is 1. The molecule has 3 atom stereocenters. The number of aromatic nitrogens is 2. The molecule has 1 aromatic heterocycles. The van der Waals surface area contributed by atoms with Gasteiger partial charge in [0.05, 0.1) is 12.1 Å². The van der Waals surface area contributed by atoms with Crippen molar-refractivity contribution in [1.82, 2.24) is 15.1 Å². The van der Waals surface area contributed by atoms with Crippen molar-refractivity contribution in [2.24, 2.45) is 5.92 Å². The molecule has 2 aromatic rings. The highest BCUT2D eigenvalue weighted by Gasteiger charge is 2.37. The Balaban J connectivity index is 1.48. The predicted octanol–water partition coefficient (Wildman–Crippen LogP) is 2.94. The summed E-state index contributed by atoms with van der Waals surface area (Å²) in [5, 5.41) is 8.27. The fourth-order valence-corrected chi connectivity index (χ4v) is 4.20. The molecular weight excluding hydrogens is 302 g/mol.